The monoisotopic (exact) mass is 267 g/mol. The summed E-state index contributed by atoms with van der Waals surface area (Å²) in [6, 6.07) is 4.48. The quantitative estimate of drug-likeness (QED) is 0.866. The summed E-state index contributed by atoms with van der Waals surface area (Å²) in [5.74, 6) is 0.103. The van der Waals surface area contributed by atoms with Crippen LogP contribution in [-0.2, 0) is 4.79 Å². The largest absolute Gasteiger partial charge is 0.348 e. The molecule has 2 rings (SSSR count). The molecule has 1 amide bonds. The molecular formula is C13H21N3OS. The van der Waals surface area contributed by atoms with Gasteiger partial charge in [-0.2, -0.15) is 0 Å². The van der Waals surface area contributed by atoms with Crippen molar-refractivity contribution < 1.29 is 4.79 Å². The molecule has 3 N–H and O–H groups in total. The van der Waals surface area contributed by atoms with Crippen molar-refractivity contribution in [3.05, 3.63) is 22.4 Å². The van der Waals surface area contributed by atoms with Crippen LogP contribution in [0.1, 0.15) is 30.7 Å². The van der Waals surface area contributed by atoms with Gasteiger partial charge in [0, 0.05) is 24.0 Å². The molecule has 100 valence electrons. The molecule has 0 aromatic carbocycles. The van der Waals surface area contributed by atoms with Crippen molar-refractivity contribution in [1.29, 1.82) is 0 Å². The molecule has 1 aromatic rings. The van der Waals surface area contributed by atoms with Crippen molar-refractivity contribution in [1.82, 2.24) is 10.2 Å². The Hall–Kier alpha value is -0.910. The lowest BCUT2D eigenvalue weighted by Gasteiger charge is -2.29. The Kier molecular flexibility index (Phi) is 4.74. The number of carbonyl (C=O) groups excluding carboxylic acids is 1. The van der Waals surface area contributed by atoms with E-state index < -0.39 is 0 Å². The molecule has 0 saturated carbocycles. The molecule has 1 fully saturated rings. The van der Waals surface area contributed by atoms with Crippen LogP contribution < -0.4 is 11.1 Å². The highest BCUT2D eigenvalue weighted by Crippen LogP contribution is 2.18. The predicted molar refractivity (Wildman–Crippen MR) is 74.5 cm³/mol. The molecule has 0 spiro atoms. The second-order valence-electron chi connectivity index (χ2n) is 4.92. The highest BCUT2D eigenvalue weighted by atomic mass is 32.1. The number of piperidine rings is 1. The highest BCUT2D eigenvalue weighted by molar-refractivity contribution is 7.10. The Morgan fingerprint density at radius 2 is 2.33 bits per heavy atom. The van der Waals surface area contributed by atoms with Crippen molar-refractivity contribution in [3.63, 3.8) is 0 Å². The van der Waals surface area contributed by atoms with Crippen molar-refractivity contribution in [2.75, 3.05) is 19.6 Å². The van der Waals surface area contributed by atoms with E-state index in [1.54, 1.807) is 11.3 Å². The van der Waals surface area contributed by atoms with Crippen LogP contribution in [-0.4, -0.2) is 36.5 Å². The highest BCUT2D eigenvalue weighted by Gasteiger charge is 2.19. The molecule has 1 saturated heterocycles. The first-order valence-corrected chi connectivity index (χ1v) is 7.34. The van der Waals surface area contributed by atoms with Crippen molar-refractivity contribution >= 4 is 17.2 Å². The minimum absolute atomic E-state index is 0.101. The minimum Gasteiger partial charge on any atom is -0.348 e. The number of hydrogen-bond acceptors (Lipinski definition) is 4. The molecule has 0 bridgehead atoms. The number of likely N-dealkylation sites (tertiary alicyclic amines) is 1. The molecule has 2 heterocycles. The lowest BCUT2D eigenvalue weighted by molar-refractivity contribution is -0.123. The van der Waals surface area contributed by atoms with Crippen LogP contribution in [0.3, 0.4) is 0 Å². The molecule has 1 aliphatic heterocycles. The molecule has 0 radical (unpaired) electrons. The first-order chi connectivity index (χ1) is 8.65. The second kappa shape index (κ2) is 6.31. The Morgan fingerprint density at radius 1 is 1.61 bits per heavy atom. The van der Waals surface area contributed by atoms with Crippen molar-refractivity contribution in [2.45, 2.75) is 31.8 Å². The van der Waals surface area contributed by atoms with Gasteiger partial charge < -0.3 is 11.1 Å². The second-order valence-corrected chi connectivity index (χ2v) is 5.90. The molecular weight excluding hydrogens is 246 g/mol. The smallest absolute Gasteiger partial charge is 0.234 e. The molecule has 1 aromatic heterocycles. The first kappa shape index (κ1) is 13.5. The van der Waals surface area contributed by atoms with E-state index in [4.69, 9.17) is 5.73 Å². The van der Waals surface area contributed by atoms with Gasteiger partial charge in [0.05, 0.1) is 12.6 Å². The molecule has 1 aliphatic rings. The third-order valence-electron chi connectivity index (χ3n) is 3.35. The topological polar surface area (TPSA) is 58.4 Å². The minimum atomic E-state index is 0.101. The first-order valence-electron chi connectivity index (χ1n) is 6.46. The summed E-state index contributed by atoms with van der Waals surface area (Å²) < 4.78 is 0. The van der Waals surface area contributed by atoms with Crippen LogP contribution >= 0.6 is 11.3 Å². The summed E-state index contributed by atoms with van der Waals surface area (Å²) in [7, 11) is 0. The summed E-state index contributed by atoms with van der Waals surface area (Å²) in [5.41, 5.74) is 5.85. The Balaban J connectivity index is 1.75. The van der Waals surface area contributed by atoms with Crippen LogP contribution in [0.5, 0.6) is 0 Å². The van der Waals surface area contributed by atoms with E-state index in [0.29, 0.717) is 12.6 Å². The zero-order valence-electron chi connectivity index (χ0n) is 10.8. The summed E-state index contributed by atoms with van der Waals surface area (Å²) in [4.78, 5) is 15.3. The third-order valence-corrected chi connectivity index (χ3v) is 4.40. The standard InChI is InChI=1S/C13H21N3OS/c1-10(12-3-2-8-18-12)15-13(17)9-16-6-4-11(14)5-7-16/h2-3,8,10-11H,4-7,9,14H2,1H3,(H,15,17)/t10-/m0/s1. The molecule has 1 atom stereocenters. The zero-order chi connectivity index (χ0) is 13.0. The van der Waals surface area contributed by atoms with Crippen LogP contribution in [0.15, 0.2) is 17.5 Å². The van der Waals surface area contributed by atoms with E-state index in [1.807, 2.05) is 18.4 Å². The average molecular weight is 267 g/mol. The summed E-state index contributed by atoms with van der Waals surface area (Å²) in [6.45, 7) is 4.38. The average Bonchev–Trinajstić information content (AvgIpc) is 2.85. The van der Waals surface area contributed by atoms with Gasteiger partial charge in [-0.05, 0) is 31.2 Å². The van der Waals surface area contributed by atoms with Crippen LogP contribution in [0, 0.1) is 0 Å². The lowest BCUT2D eigenvalue weighted by atomic mass is 10.1. The number of hydrogen-bond donors (Lipinski definition) is 2. The van der Waals surface area contributed by atoms with Crippen LogP contribution in [0.25, 0.3) is 0 Å². The van der Waals surface area contributed by atoms with E-state index in [2.05, 4.69) is 16.3 Å². The fourth-order valence-electron chi connectivity index (χ4n) is 2.21. The van der Waals surface area contributed by atoms with Gasteiger partial charge in [-0.3, -0.25) is 9.69 Å². The molecule has 5 heteroatoms. The van der Waals surface area contributed by atoms with E-state index >= 15 is 0 Å². The van der Waals surface area contributed by atoms with Gasteiger partial charge >= 0.3 is 0 Å². The Bertz CT molecular complexity index is 372. The lowest BCUT2D eigenvalue weighted by Crippen LogP contribution is -2.44. The molecule has 4 nitrogen and oxygen atoms in total. The van der Waals surface area contributed by atoms with E-state index in [0.717, 1.165) is 25.9 Å². The zero-order valence-corrected chi connectivity index (χ0v) is 11.6. The summed E-state index contributed by atoms with van der Waals surface area (Å²) in [5, 5.41) is 5.07. The molecule has 0 aliphatic carbocycles. The van der Waals surface area contributed by atoms with Gasteiger partial charge in [-0.25, -0.2) is 0 Å². The van der Waals surface area contributed by atoms with E-state index in [1.165, 1.54) is 4.88 Å². The SMILES string of the molecule is C[C@H](NC(=O)CN1CCC(N)CC1)c1cccs1. The van der Waals surface area contributed by atoms with E-state index in [9.17, 15) is 4.79 Å². The number of carbonyl (C=O) groups is 1. The Labute approximate surface area is 112 Å². The molecule has 18 heavy (non-hydrogen) atoms. The van der Waals surface area contributed by atoms with Gasteiger partial charge in [0.2, 0.25) is 5.91 Å². The maximum atomic E-state index is 11.9. The maximum absolute atomic E-state index is 11.9. The van der Waals surface area contributed by atoms with E-state index in [-0.39, 0.29) is 11.9 Å². The number of nitrogens with zero attached hydrogens (tertiary/aromatic N) is 1. The predicted octanol–water partition coefficient (Wildman–Crippen LogP) is 1.35. The fraction of sp³-hybridized carbons (Fsp3) is 0.615. The van der Waals surface area contributed by atoms with Gasteiger partial charge in [-0.15, -0.1) is 11.3 Å². The van der Waals surface area contributed by atoms with Crippen molar-refractivity contribution in [3.8, 4) is 0 Å². The number of thiophene rings is 1. The van der Waals surface area contributed by atoms with Gasteiger partial charge in [0.15, 0.2) is 0 Å². The third kappa shape index (κ3) is 3.80. The van der Waals surface area contributed by atoms with Crippen molar-refractivity contribution in [2.24, 2.45) is 5.73 Å². The van der Waals surface area contributed by atoms with Crippen LogP contribution in [0.2, 0.25) is 0 Å². The number of amides is 1. The van der Waals surface area contributed by atoms with Gasteiger partial charge in [-0.1, -0.05) is 6.07 Å². The normalized spacial score (nSPS) is 19.7. The Morgan fingerprint density at radius 3 is 2.94 bits per heavy atom. The maximum Gasteiger partial charge on any atom is 0.234 e. The number of nitrogens with two attached hydrogens (primary N) is 1. The molecule has 0 unspecified atom stereocenters. The number of rotatable bonds is 4. The summed E-state index contributed by atoms with van der Waals surface area (Å²) >= 11 is 1.67. The van der Waals surface area contributed by atoms with Gasteiger partial charge in [0.1, 0.15) is 0 Å². The van der Waals surface area contributed by atoms with Gasteiger partial charge in [0.25, 0.3) is 0 Å². The van der Waals surface area contributed by atoms with Crippen LogP contribution in [0.4, 0.5) is 0 Å². The summed E-state index contributed by atoms with van der Waals surface area (Å²) in [6.07, 6.45) is 1.99. The fourth-order valence-corrected chi connectivity index (χ4v) is 2.94. The number of nitrogens with one attached hydrogen (secondary N) is 1.